The van der Waals surface area contributed by atoms with Gasteiger partial charge in [0.15, 0.2) is 0 Å². The molecule has 0 bridgehead atoms. The molecule has 1 rings (SSSR count). The number of rotatable bonds is 26. The summed E-state index contributed by atoms with van der Waals surface area (Å²) in [6, 6.07) is 6.95. The first-order valence-electron chi connectivity index (χ1n) is 15.5. The van der Waals surface area contributed by atoms with Gasteiger partial charge in [0.25, 0.3) is 0 Å². The third-order valence-corrected chi connectivity index (χ3v) is 9.10. The van der Waals surface area contributed by atoms with Crippen molar-refractivity contribution >= 4 is 23.5 Å². The van der Waals surface area contributed by atoms with Gasteiger partial charge in [0.2, 0.25) is 0 Å². The highest BCUT2D eigenvalue weighted by Gasteiger charge is 2.02. The van der Waals surface area contributed by atoms with Crippen LogP contribution in [0.5, 0.6) is 0 Å². The van der Waals surface area contributed by atoms with E-state index in [9.17, 15) is 0 Å². The summed E-state index contributed by atoms with van der Waals surface area (Å²) in [7, 11) is 0. The Bertz CT molecular complexity index is 522. The second-order valence-electron chi connectivity index (χ2n) is 10.6. The van der Waals surface area contributed by atoms with Gasteiger partial charge in [0, 0.05) is 9.79 Å². The lowest BCUT2D eigenvalue weighted by Gasteiger charge is -2.08. The topological polar surface area (TPSA) is 0 Å². The van der Waals surface area contributed by atoms with Crippen LogP contribution in [0, 0.1) is 6.92 Å². The molecule has 0 saturated carbocycles. The molecular weight excluding hydrogens is 460 g/mol. The van der Waals surface area contributed by atoms with Crippen LogP contribution in [-0.4, -0.2) is 11.5 Å². The molecule has 1 aromatic carbocycles. The van der Waals surface area contributed by atoms with Crippen LogP contribution in [0.3, 0.4) is 0 Å². The van der Waals surface area contributed by atoms with Crippen molar-refractivity contribution in [2.45, 2.75) is 165 Å². The molecule has 0 fully saturated rings. The van der Waals surface area contributed by atoms with E-state index in [1.165, 1.54) is 168 Å². The van der Waals surface area contributed by atoms with Crippen molar-refractivity contribution < 1.29 is 0 Å². The van der Waals surface area contributed by atoms with Gasteiger partial charge in [-0.2, -0.15) is 0 Å². The molecule has 1 radical (unpaired) electrons. The van der Waals surface area contributed by atoms with Crippen molar-refractivity contribution in [1.29, 1.82) is 0 Å². The molecule has 0 nitrogen and oxygen atoms in total. The van der Waals surface area contributed by atoms with Gasteiger partial charge in [-0.3, -0.25) is 0 Å². The second-order valence-corrected chi connectivity index (χ2v) is 12.9. The monoisotopic (exact) mass is 519 g/mol. The molecule has 0 saturated heterocycles. The van der Waals surface area contributed by atoms with Gasteiger partial charge in [-0.25, -0.2) is 0 Å². The zero-order valence-electron chi connectivity index (χ0n) is 23.7. The van der Waals surface area contributed by atoms with E-state index in [2.05, 4.69) is 39.0 Å². The minimum absolute atomic E-state index is 1.18. The molecule has 203 valence electrons. The standard InChI is InChI=1S/C33H59S2/c1-4-6-8-10-12-14-16-18-20-22-24-26-34-32-28-31(3)29-33(30-32)35-27-25-23-21-19-17-15-13-11-9-7-5-2/h28-30H,3-27H2,1-2H3. The Morgan fingerprint density at radius 2 is 0.714 bits per heavy atom. The van der Waals surface area contributed by atoms with Crippen molar-refractivity contribution in [3.8, 4) is 0 Å². The predicted octanol–water partition coefficient (Wildman–Crippen LogP) is 12.7. The molecule has 0 aliphatic rings. The fraction of sp³-hybridized carbons (Fsp3) is 0.788. The SMILES string of the molecule is [CH2]c1cc(SCCCCCCCCCCCCC)cc(SCCCCCCCCCCCCC)c1. The van der Waals surface area contributed by atoms with Crippen molar-refractivity contribution in [3.63, 3.8) is 0 Å². The zero-order chi connectivity index (χ0) is 25.2. The molecule has 0 N–H and O–H groups in total. The third kappa shape index (κ3) is 21.7. The zero-order valence-corrected chi connectivity index (χ0v) is 25.4. The summed E-state index contributed by atoms with van der Waals surface area (Å²) < 4.78 is 0. The highest BCUT2D eigenvalue weighted by atomic mass is 32.2. The largest absolute Gasteiger partial charge is 0.126 e. The van der Waals surface area contributed by atoms with E-state index in [1.807, 2.05) is 23.5 Å². The molecule has 35 heavy (non-hydrogen) atoms. The van der Waals surface area contributed by atoms with Gasteiger partial charge < -0.3 is 0 Å². The van der Waals surface area contributed by atoms with E-state index in [0.717, 1.165) is 0 Å². The van der Waals surface area contributed by atoms with Crippen LogP contribution in [0.15, 0.2) is 28.0 Å². The minimum Gasteiger partial charge on any atom is -0.126 e. The smallest absolute Gasteiger partial charge is 0.00858 e. The number of unbranched alkanes of at least 4 members (excludes halogenated alkanes) is 20. The molecule has 0 aliphatic carbocycles. The van der Waals surface area contributed by atoms with Crippen molar-refractivity contribution in [2.24, 2.45) is 0 Å². The van der Waals surface area contributed by atoms with Crippen LogP contribution < -0.4 is 0 Å². The molecule has 0 atom stereocenters. The number of thioether (sulfide) groups is 2. The summed E-state index contributed by atoms with van der Waals surface area (Å²) in [5.41, 5.74) is 1.18. The van der Waals surface area contributed by atoms with Crippen LogP contribution in [0.25, 0.3) is 0 Å². The maximum atomic E-state index is 4.23. The molecule has 1 aromatic rings. The Balaban J connectivity index is 1.99. The van der Waals surface area contributed by atoms with Gasteiger partial charge in [-0.15, -0.1) is 23.5 Å². The molecule has 0 aromatic heterocycles. The molecule has 0 aliphatic heterocycles. The number of hydrogen-bond donors (Lipinski definition) is 0. The van der Waals surface area contributed by atoms with E-state index in [1.54, 1.807) is 0 Å². The van der Waals surface area contributed by atoms with Gasteiger partial charge in [0.1, 0.15) is 0 Å². The summed E-state index contributed by atoms with van der Waals surface area (Å²) in [5.74, 6) is 2.51. The van der Waals surface area contributed by atoms with Crippen molar-refractivity contribution in [1.82, 2.24) is 0 Å². The van der Waals surface area contributed by atoms with Crippen LogP contribution in [0.4, 0.5) is 0 Å². The summed E-state index contributed by atoms with van der Waals surface area (Å²) in [5, 5.41) is 0. The minimum atomic E-state index is 1.18. The summed E-state index contributed by atoms with van der Waals surface area (Å²) in [4.78, 5) is 2.84. The van der Waals surface area contributed by atoms with E-state index in [0.29, 0.717) is 0 Å². The molecule has 0 spiro atoms. The maximum Gasteiger partial charge on any atom is 0.00858 e. The average Bonchev–Trinajstić information content (AvgIpc) is 2.85. The van der Waals surface area contributed by atoms with E-state index < -0.39 is 0 Å². The maximum absolute atomic E-state index is 4.23. The van der Waals surface area contributed by atoms with Gasteiger partial charge in [-0.05, 0) is 55.0 Å². The predicted molar refractivity (Wildman–Crippen MR) is 165 cm³/mol. The molecular formula is C33H59S2. The number of benzene rings is 1. The lowest BCUT2D eigenvalue weighted by Crippen LogP contribution is -1.87. The summed E-state index contributed by atoms with van der Waals surface area (Å²) in [6.45, 7) is 8.83. The van der Waals surface area contributed by atoms with E-state index in [4.69, 9.17) is 0 Å². The Kier molecular flexibility index (Phi) is 24.1. The Labute approximate surface area is 230 Å². The lowest BCUT2D eigenvalue weighted by atomic mass is 10.1. The van der Waals surface area contributed by atoms with Crippen molar-refractivity contribution in [2.75, 3.05) is 11.5 Å². The lowest BCUT2D eigenvalue weighted by molar-refractivity contribution is 0.555. The first-order chi connectivity index (χ1) is 17.3. The van der Waals surface area contributed by atoms with E-state index in [-0.39, 0.29) is 0 Å². The fourth-order valence-electron chi connectivity index (χ4n) is 4.71. The Morgan fingerprint density at radius 1 is 0.429 bits per heavy atom. The quantitative estimate of drug-likeness (QED) is 0.0881. The highest BCUT2D eigenvalue weighted by Crippen LogP contribution is 2.28. The second kappa shape index (κ2) is 25.6. The fourth-order valence-corrected chi connectivity index (χ4v) is 6.84. The third-order valence-electron chi connectivity index (χ3n) is 6.97. The first-order valence-corrected chi connectivity index (χ1v) is 17.5. The highest BCUT2D eigenvalue weighted by molar-refractivity contribution is 8.00. The molecule has 0 amide bonds. The van der Waals surface area contributed by atoms with Gasteiger partial charge in [0.05, 0.1) is 0 Å². The van der Waals surface area contributed by atoms with Gasteiger partial charge in [-0.1, -0.05) is 142 Å². The first kappa shape index (κ1) is 32.9. The van der Waals surface area contributed by atoms with Crippen LogP contribution >= 0.6 is 23.5 Å². The normalized spacial score (nSPS) is 11.4. The van der Waals surface area contributed by atoms with Crippen LogP contribution in [-0.2, 0) is 0 Å². The summed E-state index contributed by atoms with van der Waals surface area (Å²) in [6.07, 6.45) is 31.3. The molecule has 2 heteroatoms. The molecule has 0 unspecified atom stereocenters. The molecule has 0 heterocycles. The summed E-state index contributed by atoms with van der Waals surface area (Å²) >= 11 is 4.07. The van der Waals surface area contributed by atoms with Gasteiger partial charge >= 0.3 is 0 Å². The van der Waals surface area contributed by atoms with Crippen molar-refractivity contribution in [3.05, 3.63) is 30.7 Å². The Hall–Kier alpha value is -0.0800. The Morgan fingerprint density at radius 3 is 1.03 bits per heavy atom. The van der Waals surface area contributed by atoms with Crippen LogP contribution in [0.1, 0.15) is 161 Å². The average molecular weight is 520 g/mol. The van der Waals surface area contributed by atoms with E-state index >= 15 is 0 Å². The van der Waals surface area contributed by atoms with Crippen LogP contribution in [0.2, 0.25) is 0 Å². The number of hydrogen-bond acceptors (Lipinski definition) is 2.